The Morgan fingerprint density at radius 2 is 1.54 bits per heavy atom. The van der Waals surface area contributed by atoms with Crippen molar-refractivity contribution in [2.75, 3.05) is 31.1 Å². The SMILES string of the molecule is Cl.Cl.O=C(O)c1ccc(-c2ccc(CCNC[C@@H](O)c3ccccc3)cc2)cc1N1CCCCC1. The van der Waals surface area contributed by atoms with Crippen molar-refractivity contribution in [3.63, 3.8) is 0 Å². The lowest BCUT2D eigenvalue weighted by Crippen LogP contribution is -2.30. The van der Waals surface area contributed by atoms with Crippen LogP contribution in [0.25, 0.3) is 11.1 Å². The van der Waals surface area contributed by atoms with Crippen LogP contribution in [-0.2, 0) is 6.42 Å². The van der Waals surface area contributed by atoms with Crippen LogP contribution in [0.15, 0.2) is 72.8 Å². The van der Waals surface area contributed by atoms with Gasteiger partial charge in [-0.3, -0.25) is 0 Å². The first-order valence-electron chi connectivity index (χ1n) is 11.8. The number of nitrogens with zero attached hydrogens (tertiary/aromatic N) is 1. The first-order chi connectivity index (χ1) is 16.1. The van der Waals surface area contributed by atoms with Crippen LogP contribution >= 0.6 is 24.8 Å². The normalized spacial score (nSPS) is 13.9. The van der Waals surface area contributed by atoms with E-state index in [1.54, 1.807) is 6.07 Å². The predicted octanol–water partition coefficient (Wildman–Crippen LogP) is 5.75. The van der Waals surface area contributed by atoms with Crippen molar-refractivity contribution in [3.05, 3.63) is 89.5 Å². The van der Waals surface area contributed by atoms with Crippen molar-refractivity contribution in [2.24, 2.45) is 0 Å². The molecule has 0 radical (unpaired) electrons. The fraction of sp³-hybridized carbons (Fsp3) is 0.321. The Kier molecular flexibility index (Phi) is 11.5. The number of halogens is 2. The summed E-state index contributed by atoms with van der Waals surface area (Å²) in [5.41, 5.74) is 5.47. The van der Waals surface area contributed by atoms with Gasteiger partial charge < -0.3 is 20.4 Å². The maximum absolute atomic E-state index is 11.8. The first kappa shape index (κ1) is 28.7. The monoisotopic (exact) mass is 516 g/mol. The molecule has 1 saturated heterocycles. The van der Waals surface area contributed by atoms with E-state index >= 15 is 0 Å². The number of nitrogens with one attached hydrogen (secondary N) is 1. The first-order valence-corrected chi connectivity index (χ1v) is 11.8. The second-order valence-electron chi connectivity index (χ2n) is 8.66. The molecule has 3 aromatic rings. The van der Waals surface area contributed by atoms with Crippen molar-refractivity contribution in [2.45, 2.75) is 31.8 Å². The van der Waals surface area contributed by atoms with Crippen molar-refractivity contribution < 1.29 is 15.0 Å². The summed E-state index contributed by atoms with van der Waals surface area (Å²) in [5, 5.41) is 23.2. The van der Waals surface area contributed by atoms with E-state index < -0.39 is 12.1 Å². The van der Waals surface area contributed by atoms with Crippen LogP contribution < -0.4 is 10.2 Å². The zero-order chi connectivity index (χ0) is 23.0. The van der Waals surface area contributed by atoms with Gasteiger partial charge in [-0.05, 0) is 66.6 Å². The van der Waals surface area contributed by atoms with E-state index in [1.165, 1.54) is 12.0 Å². The third-order valence-electron chi connectivity index (χ3n) is 6.32. The quantitative estimate of drug-likeness (QED) is 0.315. The molecular formula is C28H34Cl2N2O3. The number of carboxylic acids is 1. The van der Waals surface area contributed by atoms with E-state index in [-0.39, 0.29) is 24.8 Å². The highest BCUT2D eigenvalue weighted by atomic mass is 35.5. The number of carboxylic acid groups (broad SMARTS) is 1. The van der Waals surface area contributed by atoms with Crippen LogP contribution in [0, 0.1) is 0 Å². The Hall–Kier alpha value is -2.57. The molecule has 1 atom stereocenters. The molecule has 0 saturated carbocycles. The molecule has 3 N–H and O–H groups in total. The van der Waals surface area contributed by atoms with Gasteiger partial charge in [0.2, 0.25) is 0 Å². The summed E-state index contributed by atoms with van der Waals surface area (Å²) in [4.78, 5) is 14.0. The lowest BCUT2D eigenvalue weighted by Gasteiger charge is -2.30. The molecule has 1 aliphatic rings. The van der Waals surface area contributed by atoms with Gasteiger partial charge in [0.15, 0.2) is 0 Å². The van der Waals surface area contributed by atoms with Crippen LogP contribution in [-0.4, -0.2) is 42.4 Å². The molecule has 35 heavy (non-hydrogen) atoms. The molecule has 4 rings (SSSR count). The minimum Gasteiger partial charge on any atom is -0.478 e. The maximum Gasteiger partial charge on any atom is 0.337 e. The summed E-state index contributed by atoms with van der Waals surface area (Å²) < 4.78 is 0. The van der Waals surface area contributed by atoms with Crippen molar-refractivity contribution >= 4 is 36.5 Å². The zero-order valence-electron chi connectivity index (χ0n) is 19.7. The van der Waals surface area contributed by atoms with Crippen LogP contribution in [0.5, 0.6) is 0 Å². The van der Waals surface area contributed by atoms with Crippen molar-refractivity contribution in [1.29, 1.82) is 0 Å². The molecule has 3 aromatic carbocycles. The molecule has 0 bridgehead atoms. The van der Waals surface area contributed by atoms with Gasteiger partial charge in [-0.1, -0.05) is 60.7 Å². The number of rotatable bonds is 9. The van der Waals surface area contributed by atoms with Crippen LogP contribution in [0.2, 0.25) is 0 Å². The standard InChI is InChI=1S/C28H32N2O3.2ClH/c31-27(23-7-3-1-4-8-23)20-29-16-15-21-9-11-22(12-10-21)24-13-14-25(28(32)33)26(19-24)30-17-5-2-6-18-30;;/h1,3-4,7-14,19,27,29,31H,2,5-6,15-18,20H2,(H,32,33);2*1H/t27-;;/m1../s1. The van der Waals surface area contributed by atoms with Gasteiger partial charge in [-0.2, -0.15) is 0 Å². The zero-order valence-corrected chi connectivity index (χ0v) is 21.4. The summed E-state index contributed by atoms with van der Waals surface area (Å²) in [7, 11) is 0. The molecule has 7 heteroatoms. The van der Waals surface area contributed by atoms with Gasteiger partial charge in [-0.25, -0.2) is 4.79 Å². The highest BCUT2D eigenvalue weighted by Crippen LogP contribution is 2.30. The Bertz CT molecular complexity index is 1060. The lowest BCUT2D eigenvalue weighted by molar-refractivity contribution is 0.0697. The number of benzene rings is 3. The maximum atomic E-state index is 11.8. The van der Waals surface area contributed by atoms with Gasteiger partial charge in [0.25, 0.3) is 0 Å². The van der Waals surface area contributed by atoms with Gasteiger partial charge in [0.05, 0.1) is 17.4 Å². The average Bonchev–Trinajstić information content (AvgIpc) is 2.87. The number of carbonyl (C=O) groups is 1. The summed E-state index contributed by atoms with van der Waals surface area (Å²) >= 11 is 0. The topological polar surface area (TPSA) is 72.8 Å². The number of hydrogen-bond acceptors (Lipinski definition) is 4. The van der Waals surface area contributed by atoms with E-state index in [9.17, 15) is 15.0 Å². The Morgan fingerprint density at radius 3 is 2.20 bits per heavy atom. The molecule has 1 fully saturated rings. The molecule has 0 spiro atoms. The molecule has 5 nitrogen and oxygen atoms in total. The Labute approximate surface area is 220 Å². The second kappa shape index (κ2) is 14.1. The number of aliphatic hydroxyl groups is 1. The third-order valence-corrected chi connectivity index (χ3v) is 6.32. The summed E-state index contributed by atoms with van der Waals surface area (Å²) in [5.74, 6) is -0.873. The third kappa shape index (κ3) is 7.71. The van der Waals surface area contributed by atoms with Gasteiger partial charge in [-0.15, -0.1) is 24.8 Å². The summed E-state index contributed by atoms with van der Waals surface area (Å²) in [6, 6.07) is 23.8. The largest absolute Gasteiger partial charge is 0.478 e. The van der Waals surface area contributed by atoms with Crippen LogP contribution in [0.3, 0.4) is 0 Å². The summed E-state index contributed by atoms with van der Waals surface area (Å²) in [6.07, 6.45) is 3.79. The van der Waals surface area contributed by atoms with Gasteiger partial charge in [0.1, 0.15) is 0 Å². The number of anilines is 1. The van der Waals surface area contributed by atoms with E-state index in [4.69, 9.17) is 0 Å². The van der Waals surface area contributed by atoms with Crippen LogP contribution in [0.1, 0.15) is 46.9 Å². The van der Waals surface area contributed by atoms with Gasteiger partial charge in [0, 0.05) is 19.6 Å². The minimum atomic E-state index is -0.873. The molecular weight excluding hydrogens is 483 g/mol. The van der Waals surface area contributed by atoms with Gasteiger partial charge >= 0.3 is 5.97 Å². The number of hydrogen-bond donors (Lipinski definition) is 3. The molecule has 0 aromatic heterocycles. The number of aliphatic hydroxyl groups excluding tert-OH is 1. The fourth-order valence-electron chi connectivity index (χ4n) is 4.42. The highest BCUT2D eigenvalue weighted by molar-refractivity contribution is 5.95. The molecule has 0 unspecified atom stereocenters. The Morgan fingerprint density at radius 1 is 0.886 bits per heavy atom. The molecule has 1 heterocycles. The molecule has 1 aliphatic heterocycles. The van der Waals surface area contributed by atoms with E-state index in [0.29, 0.717) is 12.1 Å². The minimum absolute atomic E-state index is 0. The number of aromatic carboxylic acids is 1. The highest BCUT2D eigenvalue weighted by Gasteiger charge is 2.19. The summed E-state index contributed by atoms with van der Waals surface area (Å²) in [6.45, 7) is 3.14. The molecule has 0 amide bonds. The molecule has 0 aliphatic carbocycles. The second-order valence-corrected chi connectivity index (χ2v) is 8.66. The molecule has 188 valence electrons. The Balaban J connectivity index is 0.00000216. The fourth-order valence-corrected chi connectivity index (χ4v) is 4.42. The van der Waals surface area contributed by atoms with Crippen molar-refractivity contribution in [3.8, 4) is 11.1 Å². The lowest BCUT2D eigenvalue weighted by atomic mass is 9.99. The van der Waals surface area contributed by atoms with Crippen LogP contribution in [0.4, 0.5) is 5.69 Å². The predicted molar refractivity (Wildman–Crippen MR) is 147 cm³/mol. The van der Waals surface area contributed by atoms with E-state index in [1.807, 2.05) is 42.5 Å². The van der Waals surface area contributed by atoms with E-state index in [2.05, 4.69) is 34.5 Å². The van der Waals surface area contributed by atoms with E-state index in [0.717, 1.165) is 61.3 Å². The smallest absolute Gasteiger partial charge is 0.337 e. The average molecular weight is 517 g/mol. The number of piperidine rings is 1. The van der Waals surface area contributed by atoms with Crippen molar-refractivity contribution in [1.82, 2.24) is 5.32 Å².